The smallest absolute Gasteiger partial charge is 0.148 e. The highest BCUT2D eigenvalue weighted by molar-refractivity contribution is 6.35. The van der Waals surface area contributed by atoms with Crippen molar-refractivity contribution in [3.05, 3.63) is 57.1 Å². The number of aryl methyl sites for hydroxylation is 1. The summed E-state index contributed by atoms with van der Waals surface area (Å²) in [6, 6.07) is 9.62. The van der Waals surface area contributed by atoms with Gasteiger partial charge < -0.3 is 10.1 Å². The van der Waals surface area contributed by atoms with E-state index in [1.165, 1.54) is 11.1 Å². The predicted octanol–water partition coefficient (Wildman–Crippen LogP) is 5.23. The molecule has 0 aliphatic heterocycles. The van der Waals surface area contributed by atoms with Gasteiger partial charge in [-0.25, -0.2) is 0 Å². The van der Waals surface area contributed by atoms with Crippen LogP contribution in [-0.2, 0) is 6.54 Å². The molecule has 0 unspecified atom stereocenters. The van der Waals surface area contributed by atoms with Crippen LogP contribution in [0.15, 0.2) is 30.3 Å². The molecule has 0 fully saturated rings. The van der Waals surface area contributed by atoms with Crippen molar-refractivity contribution in [1.82, 2.24) is 0 Å². The minimum atomic E-state index is 0.165. The van der Waals surface area contributed by atoms with Crippen LogP contribution in [-0.4, -0.2) is 6.61 Å². The zero-order valence-electron chi connectivity index (χ0n) is 12.5. The Morgan fingerprint density at radius 2 is 2.00 bits per heavy atom. The first-order chi connectivity index (χ1) is 10.5. The van der Waals surface area contributed by atoms with Gasteiger partial charge in [-0.2, -0.15) is 0 Å². The summed E-state index contributed by atoms with van der Waals surface area (Å²) in [4.78, 5) is 0. The predicted molar refractivity (Wildman–Crippen MR) is 94.0 cm³/mol. The summed E-state index contributed by atoms with van der Waals surface area (Å²) in [7, 11) is 0. The van der Waals surface area contributed by atoms with E-state index in [1.807, 2.05) is 18.2 Å². The fourth-order valence-corrected chi connectivity index (χ4v) is 2.74. The second-order valence-corrected chi connectivity index (χ2v) is 5.81. The molecule has 0 spiro atoms. The minimum absolute atomic E-state index is 0.165. The molecule has 0 aromatic heterocycles. The Morgan fingerprint density at radius 3 is 2.73 bits per heavy atom. The molecular formula is C18H17Cl2NO. The van der Waals surface area contributed by atoms with E-state index in [-0.39, 0.29) is 6.61 Å². The van der Waals surface area contributed by atoms with E-state index in [0.717, 1.165) is 11.3 Å². The molecule has 1 N–H and O–H groups in total. The zero-order valence-corrected chi connectivity index (χ0v) is 14.1. The lowest BCUT2D eigenvalue weighted by Gasteiger charge is -2.15. The fourth-order valence-electron chi connectivity index (χ4n) is 2.15. The summed E-state index contributed by atoms with van der Waals surface area (Å²) >= 11 is 12.3. The van der Waals surface area contributed by atoms with Gasteiger partial charge in [0.1, 0.15) is 12.4 Å². The number of anilines is 1. The molecule has 0 bridgehead atoms. The number of nitrogens with one attached hydrogen (secondary N) is 1. The number of terminal acetylenes is 1. The van der Waals surface area contributed by atoms with Crippen molar-refractivity contribution in [1.29, 1.82) is 0 Å². The molecule has 0 amide bonds. The van der Waals surface area contributed by atoms with Gasteiger partial charge in [0.25, 0.3) is 0 Å². The van der Waals surface area contributed by atoms with Gasteiger partial charge in [0.05, 0.1) is 5.02 Å². The quantitative estimate of drug-likeness (QED) is 0.756. The van der Waals surface area contributed by atoms with Crippen molar-refractivity contribution in [2.24, 2.45) is 0 Å². The van der Waals surface area contributed by atoms with E-state index in [2.05, 4.69) is 31.2 Å². The van der Waals surface area contributed by atoms with Gasteiger partial charge in [-0.3, -0.25) is 0 Å². The summed E-state index contributed by atoms with van der Waals surface area (Å²) in [6.45, 7) is 4.87. The van der Waals surface area contributed by atoms with Gasteiger partial charge in [0.15, 0.2) is 0 Å². The van der Waals surface area contributed by atoms with Crippen molar-refractivity contribution in [3.8, 4) is 18.1 Å². The molecule has 22 heavy (non-hydrogen) atoms. The van der Waals surface area contributed by atoms with Gasteiger partial charge in [0, 0.05) is 22.8 Å². The summed E-state index contributed by atoms with van der Waals surface area (Å²) < 4.78 is 5.55. The number of rotatable bonds is 5. The van der Waals surface area contributed by atoms with E-state index < -0.39 is 0 Å². The van der Waals surface area contributed by atoms with Crippen molar-refractivity contribution in [2.75, 3.05) is 11.9 Å². The first-order valence-electron chi connectivity index (χ1n) is 6.87. The van der Waals surface area contributed by atoms with E-state index >= 15 is 0 Å². The molecule has 2 aromatic rings. The van der Waals surface area contributed by atoms with Gasteiger partial charge in [-0.1, -0.05) is 41.3 Å². The Bertz CT molecular complexity index is 720. The Kier molecular flexibility index (Phi) is 5.60. The lowest BCUT2D eigenvalue weighted by Crippen LogP contribution is -2.05. The average molecular weight is 334 g/mol. The van der Waals surface area contributed by atoms with Gasteiger partial charge >= 0.3 is 0 Å². The average Bonchev–Trinajstić information content (AvgIpc) is 2.47. The second kappa shape index (κ2) is 7.45. The van der Waals surface area contributed by atoms with Crippen molar-refractivity contribution >= 4 is 28.9 Å². The molecule has 2 nitrogen and oxygen atoms in total. The van der Waals surface area contributed by atoms with Gasteiger partial charge in [-0.15, -0.1) is 6.42 Å². The maximum atomic E-state index is 6.20. The summed E-state index contributed by atoms with van der Waals surface area (Å²) in [5.41, 5.74) is 4.38. The first-order valence-corrected chi connectivity index (χ1v) is 7.62. The third kappa shape index (κ3) is 3.88. The van der Waals surface area contributed by atoms with Crippen molar-refractivity contribution < 1.29 is 4.74 Å². The maximum Gasteiger partial charge on any atom is 0.148 e. The number of hydrogen-bond acceptors (Lipinski definition) is 2. The van der Waals surface area contributed by atoms with Gasteiger partial charge in [0.2, 0.25) is 0 Å². The molecule has 0 atom stereocenters. The van der Waals surface area contributed by atoms with E-state index in [9.17, 15) is 0 Å². The number of benzene rings is 2. The highest BCUT2D eigenvalue weighted by Gasteiger charge is 2.11. The summed E-state index contributed by atoms with van der Waals surface area (Å²) in [5.74, 6) is 3.01. The SMILES string of the molecule is C#CCOc1c(Cl)cc(Cl)cc1CNc1cccc(C)c1C. The van der Waals surface area contributed by atoms with Crippen LogP contribution >= 0.6 is 23.2 Å². The van der Waals surface area contributed by atoms with Crippen LogP contribution in [0.1, 0.15) is 16.7 Å². The molecule has 2 aromatic carbocycles. The maximum absolute atomic E-state index is 6.20. The Balaban J connectivity index is 2.25. The molecule has 0 aliphatic rings. The zero-order chi connectivity index (χ0) is 16.1. The Hall–Kier alpha value is -1.82. The molecule has 0 heterocycles. The highest BCUT2D eigenvalue weighted by atomic mass is 35.5. The number of halogens is 2. The van der Waals surface area contributed by atoms with E-state index in [1.54, 1.807) is 6.07 Å². The summed E-state index contributed by atoms with van der Waals surface area (Å²) in [6.07, 6.45) is 5.25. The largest absolute Gasteiger partial charge is 0.479 e. The molecule has 114 valence electrons. The standard InChI is InChI=1S/C18H17Cl2NO/c1-4-8-22-18-14(9-15(19)10-16(18)20)11-21-17-7-5-6-12(2)13(17)3/h1,5-7,9-10,21H,8,11H2,2-3H3. The highest BCUT2D eigenvalue weighted by Crippen LogP contribution is 2.33. The summed E-state index contributed by atoms with van der Waals surface area (Å²) in [5, 5.41) is 4.42. The molecule has 0 saturated heterocycles. The lowest BCUT2D eigenvalue weighted by molar-refractivity contribution is 0.367. The fraction of sp³-hybridized carbons (Fsp3) is 0.222. The van der Waals surface area contributed by atoms with Crippen LogP contribution in [0.25, 0.3) is 0 Å². The third-order valence-electron chi connectivity index (χ3n) is 3.46. The van der Waals surface area contributed by atoms with Crippen LogP contribution in [0.3, 0.4) is 0 Å². The molecule has 4 heteroatoms. The van der Waals surface area contributed by atoms with Crippen molar-refractivity contribution in [3.63, 3.8) is 0 Å². The molecule has 0 saturated carbocycles. The molecular weight excluding hydrogens is 317 g/mol. The van der Waals surface area contributed by atoms with Crippen LogP contribution < -0.4 is 10.1 Å². The minimum Gasteiger partial charge on any atom is -0.479 e. The molecule has 2 rings (SSSR count). The first kappa shape index (κ1) is 16.5. The monoisotopic (exact) mass is 333 g/mol. The van der Waals surface area contributed by atoms with Gasteiger partial charge in [-0.05, 0) is 43.2 Å². The van der Waals surface area contributed by atoms with Crippen LogP contribution in [0.5, 0.6) is 5.75 Å². The molecule has 0 radical (unpaired) electrons. The Labute approximate surface area is 141 Å². The molecule has 0 aliphatic carbocycles. The normalized spacial score (nSPS) is 10.1. The topological polar surface area (TPSA) is 21.3 Å². The van der Waals surface area contributed by atoms with Crippen LogP contribution in [0.4, 0.5) is 5.69 Å². The van der Waals surface area contributed by atoms with Crippen molar-refractivity contribution in [2.45, 2.75) is 20.4 Å². The number of ether oxygens (including phenoxy) is 1. The lowest BCUT2D eigenvalue weighted by atomic mass is 10.1. The second-order valence-electron chi connectivity index (χ2n) is 4.97. The van der Waals surface area contributed by atoms with Crippen LogP contribution in [0.2, 0.25) is 10.0 Å². The third-order valence-corrected chi connectivity index (χ3v) is 3.96. The Morgan fingerprint density at radius 1 is 1.23 bits per heavy atom. The van der Waals surface area contributed by atoms with E-state index in [4.69, 9.17) is 34.4 Å². The van der Waals surface area contributed by atoms with E-state index in [0.29, 0.717) is 22.3 Å². The van der Waals surface area contributed by atoms with Crippen LogP contribution in [0, 0.1) is 26.2 Å². The number of hydrogen-bond donors (Lipinski definition) is 1.